The highest BCUT2D eigenvalue weighted by atomic mass is 32.2. The van der Waals surface area contributed by atoms with E-state index in [9.17, 15) is 26.4 Å². The summed E-state index contributed by atoms with van der Waals surface area (Å²) in [6.07, 6.45) is -4.49. The molecule has 0 radical (unpaired) electrons. The molecule has 1 rings (SSSR count). The molecule has 0 saturated carbocycles. The van der Waals surface area contributed by atoms with E-state index in [4.69, 9.17) is 5.11 Å². The van der Waals surface area contributed by atoms with E-state index in [1.807, 2.05) is 4.72 Å². The lowest BCUT2D eigenvalue weighted by Crippen LogP contribution is -2.42. The molecule has 1 aromatic carbocycles. The number of halogens is 3. The van der Waals surface area contributed by atoms with Gasteiger partial charge >= 0.3 is 12.1 Å². The number of nitrogens with one attached hydrogen (secondary N) is 1. The molecule has 0 saturated heterocycles. The molecule has 5 nitrogen and oxygen atoms in total. The first-order valence-electron chi connectivity index (χ1n) is 6.79. The van der Waals surface area contributed by atoms with Crippen LogP contribution in [0.3, 0.4) is 0 Å². The first kappa shape index (κ1) is 19.4. The van der Waals surface area contributed by atoms with Gasteiger partial charge < -0.3 is 5.11 Å². The number of rotatable bonds is 7. The monoisotopic (exact) mass is 353 g/mol. The SMILES string of the molecule is CC(C)CC(NS(=O)(=O)Cc1cccc(C(F)(F)F)c1)C(=O)O. The quantitative estimate of drug-likeness (QED) is 0.789. The Morgan fingerprint density at radius 2 is 1.91 bits per heavy atom. The van der Waals surface area contributed by atoms with Crippen LogP contribution in [0, 0.1) is 5.92 Å². The van der Waals surface area contributed by atoms with Crippen molar-refractivity contribution in [1.82, 2.24) is 4.72 Å². The van der Waals surface area contributed by atoms with Crippen molar-refractivity contribution < 1.29 is 31.5 Å². The summed E-state index contributed by atoms with van der Waals surface area (Å²) in [4.78, 5) is 11.1. The fourth-order valence-electron chi connectivity index (χ4n) is 1.99. The van der Waals surface area contributed by atoms with Crippen molar-refractivity contribution in [2.24, 2.45) is 5.92 Å². The highest BCUT2D eigenvalue weighted by Gasteiger charge is 2.31. The summed E-state index contributed by atoms with van der Waals surface area (Å²) < 4.78 is 63.9. The Morgan fingerprint density at radius 1 is 1.30 bits per heavy atom. The molecule has 1 aromatic rings. The molecule has 0 spiro atoms. The van der Waals surface area contributed by atoms with E-state index >= 15 is 0 Å². The number of carboxylic acid groups (broad SMARTS) is 1. The summed E-state index contributed by atoms with van der Waals surface area (Å²) in [5.41, 5.74) is -1.02. The van der Waals surface area contributed by atoms with Crippen LogP contribution in [0.25, 0.3) is 0 Å². The van der Waals surface area contributed by atoms with Gasteiger partial charge in [-0.25, -0.2) is 13.1 Å². The van der Waals surface area contributed by atoms with Crippen LogP contribution in [0.2, 0.25) is 0 Å². The number of hydrogen-bond acceptors (Lipinski definition) is 3. The van der Waals surface area contributed by atoms with Gasteiger partial charge in [0.15, 0.2) is 0 Å². The Balaban J connectivity index is 2.92. The van der Waals surface area contributed by atoms with Crippen LogP contribution in [0.1, 0.15) is 31.4 Å². The van der Waals surface area contributed by atoms with E-state index in [-0.39, 0.29) is 17.9 Å². The molecule has 1 unspecified atom stereocenters. The van der Waals surface area contributed by atoms with Crippen molar-refractivity contribution in [3.05, 3.63) is 35.4 Å². The number of hydrogen-bond donors (Lipinski definition) is 2. The summed E-state index contributed by atoms with van der Waals surface area (Å²) in [6.45, 7) is 3.47. The average molecular weight is 353 g/mol. The van der Waals surface area contributed by atoms with E-state index in [0.29, 0.717) is 0 Å². The fourth-order valence-corrected chi connectivity index (χ4v) is 3.32. The molecule has 0 aromatic heterocycles. The van der Waals surface area contributed by atoms with Crippen LogP contribution >= 0.6 is 0 Å². The Kier molecular flexibility index (Phi) is 6.18. The van der Waals surface area contributed by atoms with Crippen LogP contribution in [-0.2, 0) is 26.7 Å². The molecule has 0 bridgehead atoms. The van der Waals surface area contributed by atoms with Gasteiger partial charge in [0, 0.05) is 0 Å². The van der Waals surface area contributed by atoms with Gasteiger partial charge in [-0.05, 0) is 24.0 Å². The Morgan fingerprint density at radius 3 is 2.39 bits per heavy atom. The molecule has 0 aliphatic rings. The Bertz CT molecular complexity index is 656. The van der Waals surface area contributed by atoms with Gasteiger partial charge in [0.2, 0.25) is 10.0 Å². The highest BCUT2D eigenvalue weighted by molar-refractivity contribution is 7.88. The number of sulfonamides is 1. The van der Waals surface area contributed by atoms with Crippen molar-refractivity contribution in [3.8, 4) is 0 Å². The molecule has 130 valence electrons. The van der Waals surface area contributed by atoms with Crippen molar-refractivity contribution in [2.75, 3.05) is 0 Å². The van der Waals surface area contributed by atoms with Crippen molar-refractivity contribution in [3.63, 3.8) is 0 Å². The highest BCUT2D eigenvalue weighted by Crippen LogP contribution is 2.29. The number of carbonyl (C=O) groups is 1. The predicted molar refractivity (Wildman–Crippen MR) is 78.1 cm³/mol. The predicted octanol–water partition coefficient (Wildman–Crippen LogP) is 2.62. The maximum Gasteiger partial charge on any atom is 0.416 e. The van der Waals surface area contributed by atoms with Crippen LogP contribution in [0.15, 0.2) is 24.3 Å². The van der Waals surface area contributed by atoms with Gasteiger partial charge in [-0.3, -0.25) is 4.79 Å². The van der Waals surface area contributed by atoms with Crippen LogP contribution < -0.4 is 4.72 Å². The lowest BCUT2D eigenvalue weighted by molar-refractivity contribution is -0.139. The van der Waals surface area contributed by atoms with Crippen molar-refractivity contribution >= 4 is 16.0 Å². The number of aliphatic carboxylic acids is 1. The van der Waals surface area contributed by atoms with E-state index in [1.54, 1.807) is 13.8 Å². The zero-order valence-electron chi connectivity index (χ0n) is 12.6. The second-order valence-corrected chi connectivity index (χ2v) is 7.35. The second-order valence-electron chi connectivity index (χ2n) is 5.60. The van der Waals surface area contributed by atoms with Crippen molar-refractivity contribution in [2.45, 2.75) is 38.2 Å². The molecular weight excluding hydrogens is 335 g/mol. The fraction of sp³-hybridized carbons (Fsp3) is 0.500. The van der Waals surface area contributed by atoms with E-state index in [1.165, 1.54) is 6.07 Å². The van der Waals surface area contributed by atoms with Gasteiger partial charge in [-0.1, -0.05) is 32.0 Å². The summed E-state index contributed by atoms with van der Waals surface area (Å²) in [5.74, 6) is -2.11. The molecule has 0 amide bonds. The normalized spacial score (nSPS) is 14.0. The largest absolute Gasteiger partial charge is 0.480 e. The summed E-state index contributed by atoms with van der Waals surface area (Å²) in [7, 11) is -4.08. The Hall–Kier alpha value is -1.61. The molecule has 0 aliphatic carbocycles. The number of benzene rings is 1. The van der Waals surface area contributed by atoms with Gasteiger partial charge in [-0.2, -0.15) is 13.2 Å². The van der Waals surface area contributed by atoms with Gasteiger partial charge in [-0.15, -0.1) is 0 Å². The average Bonchev–Trinajstić information content (AvgIpc) is 2.35. The van der Waals surface area contributed by atoms with E-state index in [0.717, 1.165) is 18.2 Å². The molecule has 0 heterocycles. The van der Waals surface area contributed by atoms with Crippen molar-refractivity contribution in [1.29, 1.82) is 0 Å². The van der Waals surface area contributed by atoms with Gasteiger partial charge in [0.25, 0.3) is 0 Å². The first-order chi connectivity index (χ1) is 10.4. The number of alkyl halides is 3. The smallest absolute Gasteiger partial charge is 0.416 e. The minimum atomic E-state index is -4.57. The van der Waals surface area contributed by atoms with Gasteiger partial charge in [0.1, 0.15) is 6.04 Å². The molecule has 23 heavy (non-hydrogen) atoms. The van der Waals surface area contributed by atoms with Crippen LogP contribution in [0.5, 0.6) is 0 Å². The maximum atomic E-state index is 12.6. The minimum Gasteiger partial charge on any atom is -0.480 e. The number of carboxylic acids is 1. The third-order valence-corrected chi connectivity index (χ3v) is 4.30. The molecule has 1 atom stereocenters. The lowest BCUT2D eigenvalue weighted by Gasteiger charge is -2.17. The standard InChI is InChI=1S/C14H18F3NO4S/c1-9(2)6-12(13(19)20)18-23(21,22)8-10-4-3-5-11(7-10)14(15,16)17/h3-5,7,9,12,18H,6,8H2,1-2H3,(H,19,20). The zero-order chi connectivity index (χ0) is 17.8. The topological polar surface area (TPSA) is 83.5 Å². The Labute approximate surface area is 132 Å². The summed E-state index contributed by atoms with van der Waals surface area (Å²) in [5, 5.41) is 9.03. The van der Waals surface area contributed by atoms with Crippen LogP contribution in [-0.4, -0.2) is 25.5 Å². The van der Waals surface area contributed by atoms with Gasteiger partial charge in [0.05, 0.1) is 11.3 Å². The van der Waals surface area contributed by atoms with Crippen LogP contribution in [0.4, 0.5) is 13.2 Å². The second kappa shape index (κ2) is 7.31. The first-order valence-corrected chi connectivity index (χ1v) is 8.45. The third-order valence-electron chi connectivity index (χ3n) is 2.94. The summed E-state index contributed by atoms with van der Waals surface area (Å²) in [6, 6.07) is 2.61. The lowest BCUT2D eigenvalue weighted by atomic mass is 10.1. The minimum absolute atomic E-state index is 0.0626. The molecule has 9 heteroatoms. The molecule has 0 fully saturated rings. The molecule has 2 N–H and O–H groups in total. The maximum absolute atomic E-state index is 12.6. The zero-order valence-corrected chi connectivity index (χ0v) is 13.4. The van der Waals surface area contributed by atoms with E-state index < -0.39 is 39.5 Å². The molecule has 0 aliphatic heterocycles. The van der Waals surface area contributed by atoms with E-state index in [2.05, 4.69) is 0 Å². The summed E-state index contributed by atoms with van der Waals surface area (Å²) >= 11 is 0. The molecular formula is C14H18F3NO4S. The third kappa shape index (κ3) is 6.57.